The first-order chi connectivity index (χ1) is 13.1. The third-order valence-electron chi connectivity index (χ3n) is 4.04. The number of alkyl halides is 2. The Hall–Kier alpha value is -1.39. The lowest BCUT2D eigenvalue weighted by Crippen LogP contribution is -2.21. The lowest BCUT2D eigenvalue weighted by molar-refractivity contribution is -0.113. The Labute approximate surface area is 169 Å². The van der Waals surface area contributed by atoms with Crippen LogP contribution < -0.4 is 10.6 Å². The number of hydrogen-bond donors (Lipinski definition) is 2. The Bertz CT molecular complexity index is 753. The van der Waals surface area contributed by atoms with Crippen molar-refractivity contribution < 1.29 is 13.6 Å². The molecule has 0 aliphatic heterocycles. The van der Waals surface area contributed by atoms with Crippen molar-refractivity contribution in [3.8, 4) is 0 Å². The Morgan fingerprint density at radius 1 is 1.22 bits per heavy atom. The van der Waals surface area contributed by atoms with Crippen LogP contribution in [0.5, 0.6) is 0 Å². The maximum Gasteiger partial charge on any atom is 0.288 e. The molecule has 1 aromatic heterocycles. The zero-order chi connectivity index (χ0) is 19.1. The predicted molar refractivity (Wildman–Crippen MR) is 108 cm³/mol. The smallest absolute Gasteiger partial charge is 0.288 e. The molecule has 27 heavy (non-hydrogen) atoms. The minimum absolute atomic E-state index is 0.145. The van der Waals surface area contributed by atoms with Crippen LogP contribution in [0.4, 0.5) is 19.6 Å². The van der Waals surface area contributed by atoms with Gasteiger partial charge >= 0.3 is 0 Å². The van der Waals surface area contributed by atoms with Gasteiger partial charge in [-0.1, -0.05) is 66.3 Å². The normalized spacial score (nSPS) is 15.1. The molecule has 0 saturated heterocycles. The van der Waals surface area contributed by atoms with E-state index in [9.17, 15) is 13.6 Å². The van der Waals surface area contributed by atoms with E-state index in [1.54, 1.807) is 24.3 Å². The third kappa shape index (κ3) is 6.62. The minimum Gasteiger partial charge on any atom is -0.357 e. The van der Waals surface area contributed by atoms with E-state index < -0.39 is 5.76 Å². The van der Waals surface area contributed by atoms with Gasteiger partial charge in [0.05, 0.1) is 11.4 Å². The predicted octanol–water partition coefficient (Wildman–Crippen LogP) is 5.33. The molecule has 146 valence electrons. The maximum atomic E-state index is 12.6. The summed E-state index contributed by atoms with van der Waals surface area (Å²) >= 11 is 3.14. The Balaban J connectivity index is 1.48. The van der Waals surface area contributed by atoms with E-state index in [4.69, 9.17) is 0 Å². The number of nitrogens with zero attached hydrogens (tertiary/aromatic N) is 2. The van der Waals surface area contributed by atoms with Gasteiger partial charge in [-0.3, -0.25) is 4.79 Å². The Kier molecular flexibility index (Phi) is 7.71. The molecule has 3 rings (SSSR count). The van der Waals surface area contributed by atoms with Crippen molar-refractivity contribution >= 4 is 51.6 Å². The topological polar surface area (TPSA) is 66.9 Å². The number of hydrogen-bond acceptors (Lipinski definition) is 7. The van der Waals surface area contributed by atoms with Gasteiger partial charge in [-0.25, -0.2) is 0 Å². The van der Waals surface area contributed by atoms with Crippen molar-refractivity contribution in [2.45, 2.75) is 53.1 Å². The summed E-state index contributed by atoms with van der Waals surface area (Å²) in [7, 11) is 0. The highest BCUT2D eigenvalue weighted by atomic mass is 32.2. The van der Waals surface area contributed by atoms with Crippen molar-refractivity contribution in [2.75, 3.05) is 16.4 Å². The molecule has 1 aliphatic carbocycles. The monoisotopic (exact) mass is 430 g/mol. The number of halogens is 2. The van der Waals surface area contributed by atoms with Crippen LogP contribution in [0, 0.1) is 0 Å². The van der Waals surface area contributed by atoms with Crippen LogP contribution in [0.15, 0.2) is 33.5 Å². The zero-order valence-electron chi connectivity index (χ0n) is 14.5. The standard InChI is InChI=1S/C17H20F2N4OS3/c18-15(19)26-13-9-5-4-8-12(13)21-14(24)10-25-17-23-22-16(27-17)20-11-6-2-1-3-7-11/h4-5,8-9,11,15H,1-3,6-7,10H2,(H,20,22)(H,21,24). The lowest BCUT2D eigenvalue weighted by atomic mass is 9.96. The van der Waals surface area contributed by atoms with Crippen molar-refractivity contribution in [3.05, 3.63) is 24.3 Å². The van der Waals surface area contributed by atoms with E-state index in [0.717, 1.165) is 18.0 Å². The molecular formula is C17H20F2N4OS3. The number of nitrogens with one attached hydrogen (secondary N) is 2. The van der Waals surface area contributed by atoms with Gasteiger partial charge in [0, 0.05) is 10.9 Å². The summed E-state index contributed by atoms with van der Waals surface area (Å²) < 4.78 is 25.9. The van der Waals surface area contributed by atoms with Gasteiger partial charge in [0.1, 0.15) is 0 Å². The van der Waals surface area contributed by atoms with Crippen LogP contribution in [0.25, 0.3) is 0 Å². The molecular weight excluding hydrogens is 410 g/mol. The van der Waals surface area contributed by atoms with E-state index in [-0.39, 0.29) is 11.7 Å². The van der Waals surface area contributed by atoms with E-state index in [1.807, 2.05) is 0 Å². The highest BCUT2D eigenvalue weighted by molar-refractivity contribution is 8.01. The van der Waals surface area contributed by atoms with Crippen molar-refractivity contribution in [2.24, 2.45) is 0 Å². The molecule has 0 radical (unpaired) electrons. The number of anilines is 2. The molecule has 1 amide bonds. The minimum atomic E-state index is -2.53. The van der Waals surface area contributed by atoms with Crippen LogP contribution in [0.2, 0.25) is 0 Å². The molecule has 0 unspecified atom stereocenters. The van der Waals surface area contributed by atoms with Gasteiger partial charge in [0.2, 0.25) is 11.0 Å². The fourth-order valence-corrected chi connectivity index (χ4v) is 5.05. The quantitative estimate of drug-likeness (QED) is 0.552. The first-order valence-electron chi connectivity index (χ1n) is 8.66. The van der Waals surface area contributed by atoms with Crippen molar-refractivity contribution in [1.29, 1.82) is 0 Å². The van der Waals surface area contributed by atoms with E-state index in [1.165, 1.54) is 42.4 Å². The summed E-state index contributed by atoms with van der Waals surface area (Å²) in [6.45, 7) is 0. The molecule has 2 N–H and O–H groups in total. The molecule has 1 saturated carbocycles. The molecule has 5 nitrogen and oxygen atoms in total. The lowest BCUT2D eigenvalue weighted by Gasteiger charge is -2.21. The number of carbonyl (C=O) groups excluding carboxylic acids is 1. The molecule has 1 fully saturated rings. The summed E-state index contributed by atoms with van der Waals surface area (Å²) in [6, 6.07) is 7.00. The number of rotatable bonds is 8. The summed E-state index contributed by atoms with van der Waals surface area (Å²) in [5.41, 5.74) is 0.394. The number of aromatic nitrogens is 2. The summed E-state index contributed by atoms with van der Waals surface area (Å²) in [4.78, 5) is 12.5. The van der Waals surface area contributed by atoms with Crippen LogP contribution in [-0.4, -0.2) is 33.7 Å². The average Bonchev–Trinajstić information content (AvgIpc) is 3.09. The van der Waals surface area contributed by atoms with Crippen LogP contribution >= 0.6 is 34.9 Å². The average molecular weight is 431 g/mol. The van der Waals surface area contributed by atoms with Gasteiger partial charge < -0.3 is 10.6 Å². The third-order valence-corrected chi connectivity index (χ3v) is 6.82. The fraction of sp³-hybridized carbons (Fsp3) is 0.471. The van der Waals surface area contributed by atoms with Crippen LogP contribution in [0.3, 0.4) is 0 Å². The second-order valence-corrected chi connectivity index (χ2v) is 9.30. The highest BCUT2D eigenvalue weighted by Gasteiger charge is 2.16. The van der Waals surface area contributed by atoms with E-state index in [0.29, 0.717) is 32.7 Å². The second kappa shape index (κ2) is 10.2. The second-order valence-electron chi connectivity index (χ2n) is 6.06. The van der Waals surface area contributed by atoms with E-state index in [2.05, 4.69) is 20.8 Å². The van der Waals surface area contributed by atoms with Gasteiger partial charge in [-0.05, 0) is 25.0 Å². The highest BCUT2D eigenvalue weighted by Crippen LogP contribution is 2.32. The van der Waals surface area contributed by atoms with Crippen LogP contribution in [0.1, 0.15) is 32.1 Å². The molecule has 10 heteroatoms. The number of para-hydroxylation sites is 1. The number of carbonyl (C=O) groups is 1. The van der Waals surface area contributed by atoms with Crippen molar-refractivity contribution in [1.82, 2.24) is 10.2 Å². The number of benzene rings is 1. The molecule has 2 aromatic rings. The molecule has 0 atom stereocenters. The van der Waals surface area contributed by atoms with Crippen LogP contribution in [-0.2, 0) is 4.79 Å². The molecule has 1 aliphatic rings. The fourth-order valence-electron chi connectivity index (χ4n) is 2.83. The Morgan fingerprint density at radius 2 is 2.00 bits per heavy atom. The summed E-state index contributed by atoms with van der Waals surface area (Å²) in [5.74, 6) is -2.65. The van der Waals surface area contributed by atoms with Gasteiger partial charge in [0.25, 0.3) is 5.76 Å². The first-order valence-corrected chi connectivity index (χ1v) is 11.3. The van der Waals surface area contributed by atoms with E-state index >= 15 is 0 Å². The SMILES string of the molecule is O=C(CSc1nnc(NC2CCCCC2)s1)Nc1ccccc1SC(F)F. The molecule has 0 bridgehead atoms. The summed E-state index contributed by atoms with van der Waals surface area (Å²) in [5, 5.41) is 15.1. The largest absolute Gasteiger partial charge is 0.357 e. The first kappa shape index (κ1) is 20.3. The molecule has 0 spiro atoms. The summed E-state index contributed by atoms with van der Waals surface area (Å²) in [6.07, 6.45) is 6.08. The molecule has 1 aromatic carbocycles. The van der Waals surface area contributed by atoms with Gasteiger partial charge in [-0.2, -0.15) is 8.78 Å². The number of thioether (sulfide) groups is 2. The Morgan fingerprint density at radius 3 is 2.78 bits per heavy atom. The zero-order valence-corrected chi connectivity index (χ0v) is 16.9. The molecule has 1 heterocycles. The van der Waals surface area contributed by atoms with Gasteiger partial charge in [-0.15, -0.1) is 10.2 Å². The van der Waals surface area contributed by atoms with Gasteiger partial charge in [0.15, 0.2) is 4.34 Å². The van der Waals surface area contributed by atoms with Crippen molar-refractivity contribution in [3.63, 3.8) is 0 Å². The number of amides is 1. The maximum absolute atomic E-state index is 12.6.